The largest absolute Gasteiger partial charge is 0.264 e. The van der Waals surface area contributed by atoms with Crippen molar-refractivity contribution in [3.63, 3.8) is 0 Å². The van der Waals surface area contributed by atoms with Gasteiger partial charge in [0.2, 0.25) is 0 Å². The molecule has 1 nitrogen and oxygen atoms in total. The van der Waals surface area contributed by atoms with Gasteiger partial charge in [-0.15, -0.1) is 0 Å². The Morgan fingerprint density at radius 3 is 2.89 bits per heavy atom. The smallest absolute Gasteiger partial charge is 0.0306 e. The van der Waals surface area contributed by atoms with Crippen LogP contribution in [0.15, 0.2) is 53.9 Å². The molecule has 0 fully saturated rings. The first-order valence-corrected chi connectivity index (χ1v) is 6.66. The van der Waals surface area contributed by atoms with Crippen LogP contribution in [0.2, 0.25) is 0 Å². The number of nitrogens with zero attached hydrogens (tertiary/aromatic N) is 1. The minimum absolute atomic E-state index is 0.470. The van der Waals surface area contributed by atoms with Crippen LogP contribution in [0.1, 0.15) is 43.7 Å². The molecule has 0 aliphatic heterocycles. The quantitative estimate of drug-likeness (QED) is 0.744. The summed E-state index contributed by atoms with van der Waals surface area (Å²) < 4.78 is 0. The highest BCUT2D eigenvalue weighted by Gasteiger charge is 2.15. The minimum atomic E-state index is 0.470. The van der Waals surface area contributed by atoms with E-state index in [2.05, 4.69) is 56.1 Å². The van der Waals surface area contributed by atoms with Crippen molar-refractivity contribution >= 4 is 0 Å². The van der Waals surface area contributed by atoms with E-state index in [4.69, 9.17) is 0 Å². The first kappa shape index (κ1) is 12.8. The monoisotopic (exact) mass is 239 g/mol. The standard InChI is InChI=1S/C17H21N/c1-4-5-6-15-10-16(8-7-14(15)3)17-9-13(2)11-18-12-17/h5-9,11-12,16H,4,10H2,1-3H3/b6-5-. The summed E-state index contributed by atoms with van der Waals surface area (Å²) in [6.45, 7) is 6.46. The van der Waals surface area contributed by atoms with Crippen LogP contribution in [-0.4, -0.2) is 4.98 Å². The van der Waals surface area contributed by atoms with Crippen LogP contribution in [0, 0.1) is 6.92 Å². The zero-order valence-electron chi connectivity index (χ0n) is 11.5. The van der Waals surface area contributed by atoms with E-state index in [0.717, 1.165) is 12.8 Å². The summed E-state index contributed by atoms with van der Waals surface area (Å²) in [5, 5.41) is 0. The summed E-state index contributed by atoms with van der Waals surface area (Å²) >= 11 is 0. The third-order valence-corrected chi connectivity index (χ3v) is 3.40. The molecule has 1 aliphatic carbocycles. The maximum Gasteiger partial charge on any atom is 0.0306 e. The lowest BCUT2D eigenvalue weighted by molar-refractivity contribution is 0.810. The molecule has 0 saturated carbocycles. The van der Waals surface area contributed by atoms with Crippen LogP contribution in [0.4, 0.5) is 0 Å². The molecule has 0 aromatic carbocycles. The fourth-order valence-electron chi connectivity index (χ4n) is 2.30. The van der Waals surface area contributed by atoms with Crippen molar-refractivity contribution in [2.75, 3.05) is 0 Å². The lowest BCUT2D eigenvalue weighted by atomic mass is 9.85. The van der Waals surface area contributed by atoms with Gasteiger partial charge in [-0.3, -0.25) is 4.98 Å². The Morgan fingerprint density at radius 2 is 2.17 bits per heavy atom. The summed E-state index contributed by atoms with van der Waals surface area (Å²) in [7, 11) is 0. The Hall–Kier alpha value is -1.63. The molecule has 1 atom stereocenters. The second-order valence-corrected chi connectivity index (χ2v) is 4.98. The van der Waals surface area contributed by atoms with E-state index in [9.17, 15) is 0 Å². The average molecular weight is 239 g/mol. The van der Waals surface area contributed by atoms with Gasteiger partial charge in [0.25, 0.3) is 0 Å². The van der Waals surface area contributed by atoms with Crippen molar-refractivity contribution in [3.05, 3.63) is 65.0 Å². The lowest BCUT2D eigenvalue weighted by Crippen LogP contribution is -2.03. The summed E-state index contributed by atoms with van der Waals surface area (Å²) in [5.41, 5.74) is 5.39. The normalized spacial score (nSPS) is 19.8. The van der Waals surface area contributed by atoms with E-state index in [0.29, 0.717) is 5.92 Å². The number of hydrogen-bond acceptors (Lipinski definition) is 1. The molecule has 1 aromatic heterocycles. The first-order chi connectivity index (χ1) is 8.70. The van der Waals surface area contributed by atoms with Crippen molar-refractivity contribution in [2.24, 2.45) is 0 Å². The van der Waals surface area contributed by atoms with Gasteiger partial charge in [0.05, 0.1) is 0 Å². The van der Waals surface area contributed by atoms with Crippen molar-refractivity contribution in [1.82, 2.24) is 4.98 Å². The molecular weight excluding hydrogens is 218 g/mol. The van der Waals surface area contributed by atoms with Crippen molar-refractivity contribution in [2.45, 2.75) is 39.5 Å². The Bertz CT molecular complexity index is 506. The Balaban J connectivity index is 2.21. The van der Waals surface area contributed by atoms with Crippen LogP contribution < -0.4 is 0 Å². The molecule has 0 radical (unpaired) electrons. The van der Waals surface area contributed by atoms with Crippen LogP contribution in [-0.2, 0) is 0 Å². The number of allylic oxidation sites excluding steroid dienone is 6. The Kier molecular flexibility index (Phi) is 4.14. The maximum atomic E-state index is 4.30. The van der Waals surface area contributed by atoms with Gasteiger partial charge >= 0.3 is 0 Å². The molecule has 1 aromatic rings. The molecular formula is C17H21N. The van der Waals surface area contributed by atoms with E-state index in [-0.39, 0.29) is 0 Å². The van der Waals surface area contributed by atoms with Crippen LogP contribution >= 0.6 is 0 Å². The topological polar surface area (TPSA) is 12.9 Å². The van der Waals surface area contributed by atoms with Gasteiger partial charge in [-0.1, -0.05) is 37.3 Å². The maximum absolute atomic E-state index is 4.30. The van der Waals surface area contributed by atoms with Crippen molar-refractivity contribution < 1.29 is 0 Å². The van der Waals surface area contributed by atoms with Gasteiger partial charge in [-0.25, -0.2) is 0 Å². The Labute approximate surface area is 110 Å². The predicted molar refractivity (Wildman–Crippen MR) is 77.6 cm³/mol. The molecule has 0 spiro atoms. The molecule has 94 valence electrons. The van der Waals surface area contributed by atoms with Gasteiger partial charge in [-0.05, 0) is 49.0 Å². The van der Waals surface area contributed by atoms with E-state index in [1.54, 1.807) is 0 Å². The van der Waals surface area contributed by atoms with E-state index < -0.39 is 0 Å². The highest BCUT2D eigenvalue weighted by molar-refractivity contribution is 5.40. The second kappa shape index (κ2) is 5.81. The zero-order valence-corrected chi connectivity index (χ0v) is 11.5. The fourth-order valence-corrected chi connectivity index (χ4v) is 2.30. The molecule has 0 N–H and O–H groups in total. The number of aryl methyl sites for hydroxylation is 1. The molecule has 1 unspecified atom stereocenters. The van der Waals surface area contributed by atoms with E-state index in [1.807, 2.05) is 12.4 Å². The van der Waals surface area contributed by atoms with E-state index in [1.165, 1.54) is 22.3 Å². The molecule has 18 heavy (non-hydrogen) atoms. The number of aromatic nitrogens is 1. The average Bonchev–Trinajstić information content (AvgIpc) is 2.38. The number of rotatable bonds is 3. The first-order valence-electron chi connectivity index (χ1n) is 6.66. The molecule has 2 rings (SSSR count). The molecule has 1 heterocycles. The minimum Gasteiger partial charge on any atom is -0.264 e. The fraction of sp³-hybridized carbons (Fsp3) is 0.353. The molecule has 0 saturated heterocycles. The highest BCUT2D eigenvalue weighted by atomic mass is 14.6. The molecule has 1 aliphatic rings. The predicted octanol–water partition coefficient (Wildman–Crippen LogP) is 4.72. The third kappa shape index (κ3) is 2.98. The van der Waals surface area contributed by atoms with Gasteiger partial charge < -0.3 is 0 Å². The van der Waals surface area contributed by atoms with Crippen LogP contribution in [0.25, 0.3) is 0 Å². The van der Waals surface area contributed by atoms with Gasteiger partial charge in [0.1, 0.15) is 0 Å². The third-order valence-electron chi connectivity index (χ3n) is 3.40. The Morgan fingerprint density at radius 1 is 1.33 bits per heavy atom. The van der Waals surface area contributed by atoms with Gasteiger partial charge in [0, 0.05) is 18.3 Å². The summed E-state index contributed by atoms with van der Waals surface area (Å²) in [6, 6.07) is 2.24. The molecule has 0 amide bonds. The second-order valence-electron chi connectivity index (χ2n) is 4.98. The molecule has 1 heteroatoms. The highest BCUT2D eigenvalue weighted by Crippen LogP contribution is 2.31. The summed E-state index contributed by atoms with van der Waals surface area (Å²) in [5.74, 6) is 0.470. The van der Waals surface area contributed by atoms with Gasteiger partial charge in [-0.2, -0.15) is 0 Å². The van der Waals surface area contributed by atoms with Crippen molar-refractivity contribution in [1.29, 1.82) is 0 Å². The summed E-state index contributed by atoms with van der Waals surface area (Å²) in [6.07, 6.45) is 15.1. The SMILES string of the molecule is CC/C=C\C1=C(C)C=CC(c2cncc(C)c2)C1. The van der Waals surface area contributed by atoms with Crippen LogP contribution in [0.3, 0.4) is 0 Å². The summed E-state index contributed by atoms with van der Waals surface area (Å²) in [4.78, 5) is 4.30. The van der Waals surface area contributed by atoms with Gasteiger partial charge in [0.15, 0.2) is 0 Å². The van der Waals surface area contributed by atoms with Crippen LogP contribution in [0.5, 0.6) is 0 Å². The lowest BCUT2D eigenvalue weighted by Gasteiger charge is -2.20. The number of pyridine rings is 1. The number of hydrogen-bond donors (Lipinski definition) is 0. The van der Waals surface area contributed by atoms with E-state index >= 15 is 0 Å². The molecule has 0 bridgehead atoms. The zero-order chi connectivity index (χ0) is 13.0. The van der Waals surface area contributed by atoms with Crippen molar-refractivity contribution in [3.8, 4) is 0 Å².